The minimum absolute atomic E-state index is 0.466. The van der Waals surface area contributed by atoms with Gasteiger partial charge in [-0.05, 0) is 53.4 Å². The lowest BCUT2D eigenvalue weighted by molar-refractivity contribution is 1.17. The average molecular weight is 509 g/mol. The van der Waals surface area contributed by atoms with E-state index in [2.05, 4.69) is 0 Å². The van der Waals surface area contributed by atoms with Gasteiger partial charge in [-0.25, -0.2) is 0 Å². The van der Waals surface area contributed by atoms with Crippen LogP contribution in [-0.2, 0) is 0 Å². The maximum absolute atomic E-state index is 9.47. The standard InChI is InChI=1S/C36H24N2/c1-3-11-25(12-4-1)26-19-21-28(22-20-26)37-33-18-10-8-16-31(33)35-34(37)24-23-30-29-15-7-9-17-32(29)38(36(30)35)27-13-5-2-6-14-27/h1-24H/i1D,2D,3D,4D,5D,6D,7D,8D,9D,10D,11D,12D,13D,14D,15D,16D,17D,18D,19D,20D,21D,22D,23D,24D. The summed E-state index contributed by atoms with van der Waals surface area (Å²) < 4.78 is 212. The molecule has 2 heterocycles. The predicted octanol–water partition coefficient (Wildman–Crippen LogP) is 9.55. The van der Waals surface area contributed by atoms with Crippen molar-refractivity contribution in [3.05, 3.63) is 145 Å². The van der Waals surface area contributed by atoms with E-state index >= 15 is 0 Å². The van der Waals surface area contributed by atoms with Crippen LogP contribution in [0.1, 0.15) is 32.9 Å². The number of hydrogen-bond donors (Lipinski definition) is 0. The van der Waals surface area contributed by atoms with Gasteiger partial charge in [-0.3, -0.25) is 0 Å². The molecule has 0 fully saturated rings. The first-order chi connectivity index (χ1) is 28.9. The smallest absolute Gasteiger partial charge is 0.0645 e. The highest BCUT2D eigenvalue weighted by atomic mass is 15.0. The molecule has 0 unspecified atom stereocenters. The van der Waals surface area contributed by atoms with Crippen molar-refractivity contribution in [3.8, 4) is 22.5 Å². The Kier molecular flexibility index (Phi) is 1.78. The SMILES string of the molecule is [2H]c1c([2H])c([2H])c(-c2c([2H])c([2H])c(-n3c4c([2H])c([2H])c([2H])c([2H])c4c4c3c([2H])c([2H])c3c5c([2H])c([2H])c([2H])c([2H])c5n(-c5c([2H])c([2H])c([2H])c([2H])c5[2H])c34)c([2H])c2[2H])c([2H])c1[2H]. The van der Waals surface area contributed by atoms with Gasteiger partial charge in [0.05, 0.1) is 55.0 Å². The molecule has 0 spiro atoms. The van der Waals surface area contributed by atoms with E-state index in [4.69, 9.17) is 26.0 Å². The molecule has 38 heavy (non-hydrogen) atoms. The highest BCUT2D eigenvalue weighted by Gasteiger charge is 2.20. The van der Waals surface area contributed by atoms with Gasteiger partial charge in [0, 0.05) is 32.9 Å². The number of fused-ring (bicyclic) bond motifs is 7. The summed E-state index contributed by atoms with van der Waals surface area (Å²) in [7, 11) is 0. The number of benzene rings is 6. The van der Waals surface area contributed by atoms with Gasteiger partial charge in [0.15, 0.2) is 0 Å². The first-order valence-electron chi connectivity index (χ1n) is 23.1. The lowest BCUT2D eigenvalue weighted by atomic mass is 10.1. The summed E-state index contributed by atoms with van der Waals surface area (Å²) in [5, 5.41) is -1.94. The summed E-state index contributed by atoms with van der Waals surface area (Å²) in [6, 6.07) is -21.1. The highest BCUT2D eigenvalue weighted by molar-refractivity contribution is 6.26. The monoisotopic (exact) mass is 508 g/mol. The Bertz CT molecular complexity index is 3370. The van der Waals surface area contributed by atoms with Gasteiger partial charge in [-0.1, -0.05) is 103 Å². The molecule has 0 radical (unpaired) electrons. The van der Waals surface area contributed by atoms with Gasteiger partial charge in [-0.2, -0.15) is 0 Å². The second kappa shape index (κ2) is 8.22. The lowest BCUT2D eigenvalue weighted by Crippen LogP contribution is -1.95. The third kappa shape index (κ3) is 3.01. The van der Waals surface area contributed by atoms with Crippen LogP contribution < -0.4 is 0 Å². The molecule has 6 aromatic carbocycles. The second-order valence-electron chi connectivity index (χ2n) is 8.01. The van der Waals surface area contributed by atoms with Crippen molar-refractivity contribution < 1.29 is 32.9 Å². The quantitative estimate of drug-likeness (QED) is 0.225. The number of nitrogens with zero attached hydrogens (tertiary/aromatic N) is 2. The number of rotatable bonds is 3. The summed E-state index contributed by atoms with van der Waals surface area (Å²) in [6.07, 6.45) is 0. The zero-order valence-corrected chi connectivity index (χ0v) is 18.9. The predicted molar refractivity (Wildman–Crippen MR) is 161 cm³/mol. The Morgan fingerprint density at radius 1 is 0.368 bits per heavy atom. The van der Waals surface area contributed by atoms with Crippen molar-refractivity contribution >= 4 is 43.6 Å². The van der Waals surface area contributed by atoms with Crippen LogP contribution in [0.4, 0.5) is 0 Å². The first kappa shape index (κ1) is 8.21. The summed E-state index contributed by atoms with van der Waals surface area (Å²) in [5.41, 5.74) is -5.21. The Balaban J connectivity index is 1.74. The number of para-hydroxylation sites is 3. The van der Waals surface area contributed by atoms with Crippen molar-refractivity contribution in [2.45, 2.75) is 0 Å². The van der Waals surface area contributed by atoms with Gasteiger partial charge in [-0.15, -0.1) is 0 Å². The Morgan fingerprint density at radius 3 is 1.66 bits per heavy atom. The fourth-order valence-electron chi connectivity index (χ4n) is 4.54. The molecule has 0 bridgehead atoms. The molecule has 2 nitrogen and oxygen atoms in total. The van der Waals surface area contributed by atoms with E-state index in [0.717, 1.165) is 9.13 Å². The summed E-state index contributed by atoms with van der Waals surface area (Å²) >= 11 is 0. The van der Waals surface area contributed by atoms with Gasteiger partial charge in [0.1, 0.15) is 0 Å². The molecule has 0 saturated heterocycles. The Hall–Kier alpha value is -5.08. The molecule has 0 amide bonds. The third-order valence-corrected chi connectivity index (χ3v) is 6.04. The van der Waals surface area contributed by atoms with Crippen LogP contribution in [0.2, 0.25) is 0 Å². The highest BCUT2D eigenvalue weighted by Crippen LogP contribution is 2.41. The van der Waals surface area contributed by atoms with E-state index in [9.17, 15) is 6.85 Å². The molecule has 2 heteroatoms. The normalized spacial score (nSPS) is 20.5. The molecule has 0 aliphatic rings. The van der Waals surface area contributed by atoms with E-state index < -0.39 is 211 Å². The van der Waals surface area contributed by atoms with Gasteiger partial charge in [0.2, 0.25) is 0 Å². The maximum Gasteiger partial charge on any atom is 0.0645 e. The first-order valence-corrected chi connectivity index (χ1v) is 11.1. The largest absolute Gasteiger partial charge is 0.309 e. The van der Waals surface area contributed by atoms with E-state index in [1.807, 2.05) is 0 Å². The van der Waals surface area contributed by atoms with Gasteiger partial charge < -0.3 is 9.13 Å². The van der Waals surface area contributed by atoms with E-state index in [0.29, 0.717) is 0 Å². The van der Waals surface area contributed by atoms with Crippen molar-refractivity contribution in [1.82, 2.24) is 9.13 Å². The third-order valence-electron chi connectivity index (χ3n) is 6.04. The van der Waals surface area contributed by atoms with Crippen LogP contribution >= 0.6 is 0 Å². The molecule has 0 aliphatic heterocycles. The topological polar surface area (TPSA) is 9.86 Å². The molecule has 0 aliphatic carbocycles. The minimum Gasteiger partial charge on any atom is -0.309 e. The van der Waals surface area contributed by atoms with Crippen molar-refractivity contribution in [2.24, 2.45) is 0 Å². The van der Waals surface area contributed by atoms with Crippen molar-refractivity contribution in [2.75, 3.05) is 0 Å². The number of aromatic nitrogens is 2. The van der Waals surface area contributed by atoms with Gasteiger partial charge >= 0.3 is 0 Å². The molecule has 0 atom stereocenters. The summed E-state index contributed by atoms with van der Waals surface area (Å²) in [4.78, 5) is 0. The molecule has 8 aromatic rings. The maximum atomic E-state index is 9.47. The molecule has 2 aromatic heterocycles. The van der Waals surface area contributed by atoms with Crippen LogP contribution in [-0.4, -0.2) is 9.13 Å². The second-order valence-corrected chi connectivity index (χ2v) is 8.01. The van der Waals surface area contributed by atoms with Crippen LogP contribution in [0.5, 0.6) is 0 Å². The summed E-state index contributed by atoms with van der Waals surface area (Å²) in [6.45, 7) is 0. The molecule has 0 N–H and O–H groups in total. The molecule has 0 saturated carbocycles. The molecular weight excluding hydrogens is 460 g/mol. The fraction of sp³-hybridized carbons (Fsp3) is 0. The van der Waals surface area contributed by atoms with E-state index in [-0.39, 0.29) is 0 Å². The minimum atomic E-state index is -1.00. The zero-order chi connectivity index (χ0) is 45.9. The zero-order valence-electron chi connectivity index (χ0n) is 42.9. The summed E-state index contributed by atoms with van der Waals surface area (Å²) in [5.74, 6) is 0. The molecule has 8 rings (SSSR count). The number of hydrogen-bond acceptors (Lipinski definition) is 0. The van der Waals surface area contributed by atoms with Crippen LogP contribution in [0, 0.1) is 0 Å². The van der Waals surface area contributed by atoms with Gasteiger partial charge in [0.25, 0.3) is 0 Å². The van der Waals surface area contributed by atoms with Crippen LogP contribution in [0.25, 0.3) is 66.1 Å². The van der Waals surface area contributed by atoms with Crippen molar-refractivity contribution in [1.29, 1.82) is 0 Å². The molecule has 178 valence electrons. The van der Waals surface area contributed by atoms with Crippen LogP contribution in [0.3, 0.4) is 0 Å². The Labute approximate surface area is 254 Å². The fourth-order valence-corrected chi connectivity index (χ4v) is 4.54. The van der Waals surface area contributed by atoms with E-state index in [1.165, 1.54) is 0 Å². The van der Waals surface area contributed by atoms with E-state index in [1.54, 1.807) is 0 Å². The van der Waals surface area contributed by atoms with Crippen LogP contribution in [0.15, 0.2) is 145 Å². The molecular formula is C36H24N2. The Morgan fingerprint density at radius 2 is 0.921 bits per heavy atom. The average Bonchev–Trinajstić information content (AvgIpc) is 3.77. The van der Waals surface area contributed by atoms with Crippen molar-refractivity contribution in [3.63, 3.8) is 0 Å². The lowest BCUT2D eigenvalue weighted by Gasteiger charge is -2.10.